The van der Waals surface area contributed by atoms with Gasteiger partial charge in [0.05, 0.1) is 13.1 Å². The van der Waals surface area contributed by atoms with Crippen molar-refractivity contribution in [2.75, 3.05) is 13.1 Å². The first-order valence-electron chi connectivity index (χ1n) is 5.45. The molecule has 0 fully saturated rings. The molecule has 0 heterocycles. The number of hydrogen-bond acceptors (Lipinski definition) is 6. The van der Waals surface area contributed by atoms with Gasteiger partial charge in [0.2, 0.25) is 0 Å². The van der Waals surface area contributed by atoms with E-state index >= 15 is 0 Å². The van der Waals surface area contributed by atoms with Crippen LogP contribution >= 0.6 is 0 Å². The molecule has 0 aromatic heterocycles. The van der Waals surface area contributed by atoms with Gasteiger partial charge in [-0.25, -0.2) is 0 Å². The summed E-state index contributed by atoms with van der Waals surface area (Å²) in [5.41, 5.74) is 14.4. The average Bonchev–Trinajstić information content (AvgIpc) is 2.37. The number of hydrogen-bond donors (Lipinski definition) is 6. The third-order valence-electron chi connectivity index (χ3n) is 1.89. The first-order chi connectivity index (χ1) is 8.63. The number of carboxylic acid groups (broad SMARTS) is 3. The molecule has 0 saturated heterocycles. The highest BCUT2D eigenvalue weighted by Crippen LogP contribution is 2.04. The van der Waals surface area contributed by atoms with Crippen LogP contribution in [0.5, 0.6) is 0 Å². The summed E-state index contributed by atoms with van der Waals surface area (Å²) in [6, 6.07) is -0.699. The van der Waals surface area contributed by atoms with E-state index in [0.29, 0.717) is 0 Å². The van der Waals surface area contributed by atoms with Crippen molar-refractivity contribution in [1.82, 2.24) is 0 Å². The van der Waals surface area contributed by atoms with Gasteiger partial charge in [-0.05, 0) is 5.92 Å². The summed E-state index contributed by atoms with van der Waals surface area (Å²) in [6.07, 6.45) is 0.813. The molecule has 0 bridgehead atoms. The van der Waals surface area contributed by atoms with Gasteiger partial charge in [0.25, 0.3) is 0 Å². The summed E-state index contributed by atoms with van der Waals surface area (Å²) in [5.74, 6) is -2.78. The molecule has 0 radical (unpaired) electrons. The minimum atomic E-state index is -0.968. The first kappa shape index (κ1) is 22.5. The molecule has 0 aliphatic heterocycles. The lowest BCUT2D eigenvalue weighted by molar-refractivity contribution is -0.140. The van der Waals surface area contributed by atoms with Gasteiger partial charge in [-0.3, -0.25) is 14.4 Å². The van der Waals surface area contributed by atoms with Crippen LogP contribution in [0.3, 0.4) is 0 Å². The summed E-state index contributed by atoms with van der Waals surface area (Å²) < 4.78 is 0. The Hall–Kier alpha value is -1.71. The van der Waals surface area contributed by atoms with Crippen LogP contribution in [0.15, 0.2) is 0 Å². The van der Waals surface area contributed by atoms with Crippen LogP contribution in [-0.2, 0) is 14.4 Å². The number of carboxylic acids is 3. The smallest absolute Gasteiger partial charge is 0.320 e. The highest BCUT2D eigenvalue weighted by molar-refractivity contribution is 5.73. The fourth-order valence-electron chi connectivity index (χ4n) is 0.497. The molecule has 0 aromatic rings. The van der Waals surface area contributed by atoms with E-state index in [1.165, 1.54) is 0 Å². The van der Waals surface area contributed by atoms with Crippen molar-refractivity contribution in [3.63, 3.8) is 0 Å². The Morgan fingerprint density at radius 1 is 1.00 bits per heavy atom. The Balaban J connectivity index is -0.000000219. The zero-order chi connectivity index (χ0) is 16.0. The van der Waals surface area contributed by atoms with E-state index in [4.69, 9.17) is 21.1 Å². The maximum Gasteiger partial charge on any atom is 0.320 e. The van der Waals surface area contributed by atoms with Gasteiger partial charge in [0.1, 0.15) is 6.04 Å². The van der Waals surface area contributed by atoms with Gasteiger partial charge in [0.15, 0.2) is 0 Å². The second kappa shape index (κ2) is 14.4. The number of aliphatic carboxylic acids is 3. The molecule has 0 aliphatic rings. The predicted molar refractivity (Wildman–Crippen MR) is 68.4 cm³/mol. The van der Waals surface area contributed by atoms with Gasteiger partial charge >= 0.3 is 17.9 Å². The van der Waals surface area contributed by atoms with Crippen LogP contribution in [-0.4, -0.2) is 52.4 Å². The lowest BCUT2D eigenvalue weighted by Gasteiger charge is -2.11. The summed E-state index contributed by atoms with van der Waals surface area (Å²) >= 11 is 0. The third-order valence-corrected chi connectivity index (χ3v) is 1.89. The van der Waals surface area contributed by atoms with E-state index in [-0.39, 0.29) is 19.0 Å². The maximum atomic E-state index is 10.2. The molecule has 0 spiro atoms. The molecule has 0 unspecified atom stereocenters. The fraction of sp³-hybridized carbons (Fsp3) is 0.700. The fourth-order valence-corrected chi connectivity index (χ4v) is 0.497. The SMILES string of the molecule is CC[C@H](C)[C@H](N)C(=O)O.NCC(=O)O.NCC(=O)O. The largest absolute Gasteiger partial charge is 0.480 e. The molecule has 0 amide bonds. The molecule has 0 aliphatic carbocycles. The molecule has 9 N–H and O–H groups in total. The van der Waals surface area contributed by atoms with Crippen LogP contribution in [0, 0.1) is 5.92 Å². The summed E-state index contributed by atoms with van der Waals surface area (Å²) in [6.45, 7) is 3.20. The van der Waals surface area contributed by atoms with Crippen molar-refractivity contribution < 1.29 is 29.7 Å². The lowest BCUT2D eigenvalue weighted by Crippen LogP contribution is -2.36. The third kappa shape index (κ3) is 22.0. The van der Waals surface area contributed by atoms with Crippen molar-refractivity contribution in [1.29, 1.82) is 0 Å². The number of nitrogens with two attached hydrogens (primary N) is 3. The lowest BCUT2D eigenvalue weighted by atomic mass is 10.0. The minimum absolute atomic E-state index is 0.0718. The molecule has 0 aromatic carbocycles. The summed E-state index contributed by atoms with van der Waals surface area (Å²) in [4.78, 5) is 28.7. The monoisotopic (exact) mass is 281 g/mol. The summed E-state index contributed by atoms with van der Waals surface area (Å²) in [7, 11) is 0. The van der Waals surface area contributed by atoms with Crippen LogP contribution in [0.1, 0.15) is 20.3 Å². The van der Waals surface area contributed by atoms with E-state index in [1.54, 1.807) is 0 Å². The zero-order valence-electron chi connectivity index (χ0n) is 11.1. The molecule has 9 nitrogen and oxygen atoms in total. The second-order valence-corrected chi connectivity index (χ2v) is 3.45. The molecule has 0 saturated carbocycles. The molecular weight excluding hydrogens is 258 g/mol. The zero-order valence-corrected chi connectivity index (χ0v) is 11.1. The van der Waals surface area contributed by atoms with Crippen molar-refractivity contribution in [3.05, 3.63) is 0 Å². The van der Waals surface area contributed by atoms with E-state index in [1.807, 2.05) is 13.8 Å². The highest BCUT2D eigenvalue weighted by Gasteiger charge is 2.17. The van der Waals surface area contributed by atoms with Crippen molar-refractivity contribution in [3.8, 4) is 0 Å². The van der Waals surface area contributed by atoms with Gasteiger partial charge in [-0.1, -0.05) is 20.3 Å². The van der Waals surface area contributed by atoms with Gasteiger partial charge < -0.3 is 32.5 Å². The van der Waals surface area contributed by atoms with Gasteiger partial charge in [-0.2, -0.15) is 0 Å². The first-order valence-corrected chi connectivity index (χ1v) is 5.45. The Labute approximate surface area is 111 Å². The normalized spacial score (nSPS) is 11.8. The molecule has 19 heavy (non-hydrogen) atoms. The van der Waals surface area contributed by atoms with Crippen molar-refractivity contribution in [2.24, 2.45) is 23.1 Å². The van der Waals surface area contributed by atoms with Crippen LogP contribution in [0.4, 0.5) is 0 Å². The molecule has 2 atom stereocenters. The van der Waals surface area contributed by atoms with Crippen molar-refractivity contribution in [2.45, 2.75) is 26.3 Å². The minimum Gasteiger partial charge on any atom is -0.480 e. The van der Waals surface area contributed by atoms with Crippen LogP contribution < -0.4 is 17.2 Å². The Morgan fingerprint density at radius 2 is 1.26 bits per heavy atom. The Kier molecular flexibility index (Phi) is 17.0. The molecule has 9 heteroatoms. The predicted octanol–water partition coefficient (Wildman–Crippen LogP) is -1.50. The van der Waals surface area contributed by atoms with Crippen molar-refractivity contribution >= 4 is 17.9 Å². The number of rotatable bonds is 5. The Morgan fingerprint density at radius 3 is 1.32 bits per heavy atom. The topological polar surface area (TPSA) is 190 Å². The van der Waals surface area contributed by atoms with Gasteiger partial charge in [-0.15, -0.1) is 0 Å². The average molecular weight is 281 g/mol. The quantitative estimate of drug-likeness (QED) is 0.348. The molecule has 114 valence electrons. The number of carbonyl (C=O) groups is 3. The van der Waals surface area contributed by atoms with Crippen LogP contribution in [0.25, 0.3) is 0 Å². The summed E-state index contributed by atoms with van der Waals surface area (Å²) in [5, 5.41) is 23.6. The standard InChI is InChI=1S/C6H13NO2.2C2H5NO2/c1-3-4(2)5(7)6(8)9;2*3-1-2(4)5/h4-5H,3,7H2,1-2H3,(H,8,9);2*1,3H2,(H,4,5)/t4-,5-;;/m0../s1. The highest BCUT2D eigenvalue weighted by atomic mass is 16.4. The Bertz CT molecular complexity index is 258. The molecular formula is C10H23N3O6. The van der Waals surface area contributed by atoms with E-state index in [9.17, 15) is 14.4 Å². The van der Waals surface area contributed by atoms with E-state index in [2.05, 4.69) is 11.5 Å². The molecule has 0 rings (SSSR count). The van der Waals surface area contributed by atoms with Gasteiger partial charge in [0, 0.05) is 0 Å². The maximum absolute atomic E-state index is 10.2. The van der Waals surface area contributed by atoms with Crippen LogP contribution in [0.2, 0.25) is 0 Å². The second-order valence-electron chi connectivity index (χ2n) is 3.45. The van der Waals surface area contributed by atoms with E-state index in [0.717, 1.165) is 6.42 Å². The van der Waals surface area contributed by atoms with E-state index < -0.39 is 23.9 Å².